The first-order chi connectivity index (χ1) is 7.51. The van der Waals surface area contributed by atoms with E-state index in [1.807, 2.05) is 6.92 Å². The molecule has 0 radical (unpaired) electrons. The normalized spacial score (nSPS) is 22.5. The molecule has 0 spiro atoms. The van der Waals surface area contributed by atoms with Gasteiger partial charge in [0.1, 0.15) is 6.23 Å². The molecule has 88 valence electrons. The molecule has 0 bridgehead atoms. The third-order valence-corrected chi connectivity index (χ3v) is 4.67. The van der Waals surface area contributed by atoms with Crippen molar-refractivity contribution < 1.29 is 13.2 Å². The summed E-state index contributed by atoms with van der Waals surface area (Å²) in [5.41, 5.74) is 1.05. The molecule has 1 unspecified atom stereocenters. The van der Waals surface area contributed by atoms with Crippen LogP contribution in [0.3, 0.4) is 0 Å². The zero-order valence-electron chi connectivity index (χ0n) is 9.38. The van der Waals surface area contributed by atoms with Crippen molar-refractivity contribution in [2.45, 2.75) is 25.0 Å². The Kier molecular flexibility index (Phi) is 3.01. The molecule has 1 aromatic rings. The second-order valence-electron chi connectivity index (χ2n) is 3.90. The largest absolute Gasteiger partial charge is 0.361 e. The Morgan fingerprint density at radius 2 is 1.94 bits per heavy atom. The minimum absolute atomic E-state index is 0.329. The van der Waals surface area contributed by atoms with Crippen LogP contribution in [0.2, 0.25) is 0 Å². The minimum Gasteiger partial charge on any atom is -0.361 e. The van der Waals surface area contributed by atoms with E-state index in [9.17, 15) is 8.42 Å². The molecule has 0 aliphatic carbocycles. The molecule has 1 fully saturated rings. The number of hydrogen-bond acceptors (Lipinski definition) is 3. The zero-order valence-corrected chi connectivity index (χ0v) is 10.2. The van der Waals surface area contributed by atoms with E-state index >= 15 is 0 Å². The first kappa shape index (κ1) is 11.6. The Hall–Kier alpha value is -0.910. The molecule has 0 N–H and O–H groups in total. The lowest BCUT2D eigenvalue weighted by molar-refractivity contribution is 0.0846. The summed E-state index contributed by atoms with van der Waals surface area (Å²) in [4.78, 5) is 0.329. The zero-order chi connectivity index (χ0) is 11.8. The van der Waals surface area contributed by atoms with Gasteiger partial charge in [0, 0.05) is 6.54 Å². The fraction of sp³-hybridized carbons (Fsp3) is 0.455. The van der Waals surface area contributed by atoms with Crippen molar-refractivity contribution in [3.63, 3.8) is 0 Å². The smallest absolute Gasteiger partial charge is 0.245 e. The summed E-state index contributed by atoms with van der Waals surface area (Å²) >= 11 is 0. The van der Waals surface area contributed by atoms with Gasteiger partial charge < -0.3 is 4.74 Å². The van der Waals surface area contributed by atoms with E-state index in [-0.39, 0.29) is 6.23 Å². The third-order valence-electron chi connectivity index (χ3n) is 2.70. The summed E-state index contributed by atoms with van der Waals surface area (Å²) in [5.74, 6) is 0. The predicted molar refractivity (Wildman–Crippen MR) is 60.5 cm³/mol. The standard InChI is InChI=1S/C11H15NO3S/c1-9-3-5-11(6-4-9)16(13,14)12-7-8-15-10(12)2/h3-6,10H,7-8H2,1-2H3. The van der Waals surface area contributed by atoms with Gasteiger partial charge in [0.05, 0.1) is 11.5 Å². The molecule has 0 amide bonds. The maximum atomic E-state index is 12.2. The highest BCUT2D eigenvalue weighted by atomic mass is 32.2. The lowest BCUT2D eigenvalue weighted by atomic mass is 10.2. The van der Waals surface area contributed by atoms with Gasteiger partial charge in [-0.15, -0.1) is 0 Å². The van der Waals surface area contributed by atoms with Crippen molar-refractivity contribution in [1.29, 1.82) is 0 Å². The van der Waals surface area contributed by atoms with Crippen molar-refractivity contribution in [2.75, 3.05) is 13.2 Å². The van der Waals surface area contributed by atoms with Gasteiger partial charge in [-0.1, -0.05) is 17.7 Å². The Morgan fingerprint density at radius 3 is 2.44 bits per heavy atom. The molecule has 1 saturated heterocycles. The Morgan fingerprint density at radius 1 is 1.31 bits per heavy atom. The van der Waals surface area contributed by atoms with E-state index in [0.29, 0.717) is 18.0 Å². The van der Waals surface area contributed by atoms with Gasteiger partial charge in [-0.05, 0) is 26.0 Å². The first-order valence-corrected chi connectivity index (χ1v) is 6.66. The molecule has 1 aromatic carbocycles. The summed E-state index contributed by atoms with van der Waals surface area (Å²) in [7, 11) is -3.40. The first-order valence-electron chi connectivity index (χ1n) is 5.22. The number of ether oxygens (including phenoxy) is 1. The Balaban J connectivity index is 2.35. The van der Waals surface area contributed by atoms with E-state index in [1.165, 1.54) is 4.31 Å². The van der Waals surface area contributed by atoms with Crippen molar-refractivity contribution in [2.24, 2.45) is 0 Å². The summed E-state index contributed by atoms with van der Waals surface area (Å²) in [6, 6.07) is 6.87. The second kappa shape index (κ2) is 4.16. The predicted octanol–water partition coefficient (Wildman–Crippen LogP) is 1.36. The lowest BCUT2D eigenvalue weighted by Gasteiger charge is -2.19. The van der Waals surface area contributed by atoms with E-state index < -0.39 is 10.0 Å². The van der Waals surface area contributed by atoms with Gasteiger partial charge in [0.15, 0.2) is 0 Å². The number of rotatable bonds is 2. The summed E-state index contributed by atoms with van der Waals surface area (Å²) in [6.45, 7) is 4.57. The number of sulfonamides is 1. The second-order valence-corrected chi connectivity index (χ2v) is 5.79. The molecule has 0 aromatic heterocycles. The highest BCUT2D eigenvalue weighted by molar-refractivity contribution is 7.89. The highest BCUT2D eigenvalue weighted by Gasteiger charge is 2.33. The van der Waals surface area contributed by atoms with Crippen LogP contribution < -0.4 is 0 Å². The minimum atomic E-state index is -3.40. The van der Waals surface area contributed by atoms with Crippen LogP contribution in [0.5, 0.6) is 0 Å². The number of benzene rings is 1. The van der Waals surface area contributed by atoms with Crippen molar-refractivity contribution in [1.82, 2.24) is 4.31 Å². The van der Waals surface area contributed by atoms with Crippen molar-refractivity contribution in [3.05, 3.63) is 29.8 Å². The average Bonchev–Trinajstić information content (AvgIpc) is 2.66. The van der Waals surface area contributed by atoms with Crippen LogP contribution in [0.4, 0.5) is 0 Å². The molecule has 2 rings (SSSR count). The highest BCUT2D eigenvalue weighted by Crippen LogP contribution is 2.21. The Bertz CT molecular complexity index is 467. The van der Waals surface area contributed by atoms with Crippen LogP contribution in [0.25, 0.3) is 0 Å². The maximum Gasteiger partial charge on any atom is 0.245 e. The summed E-state index contributed by atoms with van der Waals surface area (Å²) in [6.07, 6.45) is -0.369. The molecule has 0 saturated carbocycles. The summed E-state index contributed by atoms with van der Waals surface area (Å²) in [5, 5.41) is 0. The van der Waals surface area contributed by atoms with E-state index in [4.69, 9.17) is 4.74 Å². The molecule has 5 heteroatoms. The van der Waals surface area contributed by atoms with Gasteiger partial charge in [-0.3, -0.25) is 0 Å². The van der Waals surface area contributed by atoms with Gasteiger partial charge in [-0.2, -0.15) is 4.31 Å². The Labute approximate surface area is 95.9 Å². The van der Waals surface area contributed by atoms with Gasteiger partial charge >= 0.3 is 0 Å². The molecule has 16 heavy (non-hydrogen) atoms. The fourth-order valence-electron chi connectivity index (χ4n) is 1.74. The molecular formula is C11H15NO3S. The van der Waals surface area contributed by atoms with Crippen molar-refractivity contribution in [3.8, 4) is 0 Å². The monoisotopic (exact) mass is 241 g/mol. The quantitative estimate of drug-likeness (QED) is 0.785. The average molecular weight is 241 g/mol. The molecule has 1 aliphatic heterocycles. The van der Waals surface area contributed by atoms with Crippen LogP contribution >= 0.6 is 0 Å². The maximum absolute atomic E-state index is 12.2. The SMILES string of the molecule is Cc1ccc(S(=O)(=O)N2CCOC2C)cc1. The number of nitrogens with zero attached hydrogens (tertiary/aromatic N) is 1. The molecule has 1 aliphatic rings. The van der Waals surface area contributed by atoms with Crippen LogP contribution in [0, 0.1) is 6.92 Å². The van der Waals surface area contributed by atoms with Gasteiger partial charge in [-0.25, -0.2) is 8.42 Å². The van der Waals surface area contributed by atoms with E-state index in [1.54, 1.807) is 31.2 Å². The van der Waals surface area contributed by atoms with Gasteiger partial charge in [0.25, 0.3) is 0 Å². The van der Waals surface area contributed by atoms with E-state index in [0.717, 1.165) is 5.56 Å². The van der Waals surface area contributed by atoms with Gasteiger partial charge in [0.2, 0.25) is 10.0 Å². The van der Waals surface area contributed by atoms with Crippen molar-refractivity contribution >= 4 is 10.0 Å². The molecular weight excluding hydrogens is 226 g/mol. The van der Waals surface area contributed by atoms with Crippen LogP contribution in [-0.4, -0.2) is 32.1 Å². The molecule has 1 heterocycles. The third kappa shape index (κ3) is 1.98. The fourth-order valence-corrected chi connectivity index (χ4v) is 3.26. The van der Waals surface area contributed by atoms with Crippen LogP contribution in [-0.2, 0) is 14.8 Å². The van der Waals surface area contributed by atoms with Crippen LogP contribution in [0.15, 0.2) is 29.2 Å². The van der Waals surface area contributed by atoms with Crippen LogP contribution in [0.1, 0.15) is 12.5 Å². The molecule has 4 nitrogen and oxygen atoms in total. The topological polar surface area (TPSA) is 46.6 Å². The number of hydrogen-bond donors (Lipinski definition) is 0. The van der Waals surface area contributed by atoms with E-state index in [2.05, 4.69) is 0 Å². The molecule has 1 atom stereocenters. The lowest BCUT2D eigenvalue weighted by Crippen LogP contribution is -2.34. The summed E-state index contributed by atoms with van der Waals surface area (Å²) < 4.78 is 31.0. The number of aryl methyl sites for hydroxylation is 1.